The molecule has 0 N–H and O–H groups in total. The van der Waals surface area contributed by atoms with E-state index in [-0.39, 0.29) is 0 Å². The van der Waals surface area contributed by atoms with Gasteiger partial charge in [0.25, 0.3) is 0 Å². The second-order valence-corrected chi connectivity index (χ2v) is 5.02. The average Bonchev–Trinajstić information content (AvgIpc) is 2.46. The number of ether oxygens (including phenoxy) is 1. The molecule has 0 bridgehead atoms. The molecule has 0 atom stereocenters. The van der Waals surface area contributed by atoms with Crippen molar-refractivity contribution in [1.82, 2.24) is 4.98 Å². The van der Waals surface area contributed by atoms with Gasteiger partial charge in [-0.15, -0.1) is 0 Å². The highest BCUT2D eigenvalue weighted by Crippen LogP contribution is 2.34. The third kappa shape index (κ3) is 3.67. The summed E-state index contributed by atoms with van der Waals surface area (Å²) in [5, 5.41) is 9.41. The standard InChI is InChI=1S/C14H9F3N2OS/c1-20-11-4-2-9(7-18)12(6-11)21-13-5-3-10(8-19-13)14(15,16)17/h2-6,8H,1H3. The van der Waals surface area contributed by atoms with E-state index in [0.29, 0.717) is 21.2 Å². The van der Waals surface area contributed by atoms with Crippen molar-refractivity contribution in [1.29, 1.82) is 5.26 Å². The summed E-state index contributed by atoms with van der Waals surface area (Å²) >= 11 is 1.11. The molecule has 0 fully saturated rings. The van der Waals surface area contributed by atoms with Crippen molar-refractivity contribution in [2.45, 2.75) is 16.1 Å². The number of nitriles is 1. The Hall–Kier alpha value is -2.20. The van der Waals surface area contributed by atoms with Gasteiger partial charge in [0.2, 0.25) is 0 Å². The Bertz CT molecular complexity index is 678. The third-order valence-corrected chi connectivity index (χ3v) is 3.60. The monoisotopic (exact) mass is 310 g/mol. The molecule has 2 aromatic rings. The Labute approximate surface area is 123 Å². The van der Waals surface area contributed by atoms with Crippen LogP contribution in [0.5, 0.6) is 5.75 Å². The summed E-state index contributed by atoms with van der Waals surface area (Å²) in [6.45, 7) is 0. The lowest BCUT2D eigenvalue weighted by atomic mass is 10.2. The van der Waals surface area contributed by atoms with E-state index in [1.165, 1.54) is 13.2 Å². The van der Waals surface area contributed by atoms with Crippen LogP contribution in [0.25, 0.3) is 0 Å². The Balaban J connectivity index is 2.28. The molecule has 2 rings (SSSR count). The second kappa shape index (κ2) is 6.06. The van der Waals surface area contributed by atoms with Crippen LogP contribution in [0.4, 0.5) is 13.2 Å². The minimum Gasteiger partial charge on any atom is -0.497 e. The van der Waals surface area contributed by atoms with Gasteiger partial charge in [0.1, 0.15) is 16.8 Å². The maximum absolute atomic E-state index is 12.5. The fourth-order valence-electron chi connectivity index (χ4n) is 1.53. The van der Waals surface area contributed by atoms with Crippen molar-refractivity contribution in [3.05, 3.63) is 47.7 Å². The van der Waals surface area contributed by atoms with Gasteiger partial charge in [0, 0.05) is 11.1 Å². The van der Waals surface area contributed by atoms with Crippen molar-refractivity contribution in [2.75, 3.05) is 7.11 Å². The Morgan fingerprint density at radius 3 is 2.52 bits per heavy atom. The SMILES string of the molecule is COc1ccc(C#N)c(Sc2ccc(C(F)(F)F)cn2)c1. The molecule has 0 radical (unpaired) electrons. The van der Waals surface area contributed by atoms with Gasteiger partial charge in [0.05, 0.1) is 18.2 Å². The molecule has 1 aromatic heterocycles. The number of rotatable bonds is 3. The zero-order chi connectivity index (χ0) is 15.5. The van der Waals surface area contributed by atoms with Crippen LogP contribution in [-0.4, -0.2) is 12.1 Å². The number of methoxy groups -OCH3 is 1. The molecule has 7 heteroatoms. The predicted molar refractivity (Wildman–Crippen MR) is 71.1 cm³/mol. The van der Waals surface area contributed by atoms with Crippen LogP contribution in [0.15, 0.2) is 46.5 Å². The molecule has 3 nitrogen and oxygen atoms in total. The molecule has 0 spiro atoms. The van der Waals surface area contributed by atoms with Crippen LogP contribution in [0.1, 0.15) is 11.1 Å². The fraction of sp³-hybridized carbons (Fsp3) is 0.143. The Morgan fingerprint density at radius 1 is 1.24 bits per heavy atom. The van der Waals surface area contributed by atoms with Gasteiger partial charge >= 0.3 is 6.18 Å². The highest BCUT2D eigenvalue weighted by molar-refractivity contribution is 7.99. The molecule has 0 aliphatic rings. The van der Waals surface area contributed by atoms with Crippen molar-refractivity contribution in [2.24, 2.45) is 0 Å². The first-order chi connectivity index (χ1) is 9.94. The summed E-state index contributed by atoms with van der Waals surface area (Å²) in [4.78, 5) is 4.34. The second-order valence-electron chi connectivity index (χ2n) is 3.96. The van der Waals surface area contributed by atoms with E-state index in [1.807, 2.05) is 6.07 Å². The summed E-state index contributed by atoms with van der Waals surface area (Å²) < 4.78 is 42.4. The lowest BCUT2D eigenvalue weighted by Gasteiger charge is -2.08. The summed E-state index contributed by atoms with van der Waals surface area (Å²) in [6.07, 6.45) is -3.64. The molecular formula is C14H9F3N2OS. The third-order valence-electron chi connectivity index (χ3n) is 2.59. The van der Waals surface area contributed by atoms with Crippen LogP contribution in [0, 0.1) is 11.3 Å². The molecular weight excluding hydrogens is 301 g/mol. The molecule has 0 aliphatic carbocycles. The minimum atomic E-state index is -4.41. The number of hydrogen-bond acceptors (Lipinski definition) is 4. The summed E-state index contributed by atoms with van der Waals surface area (Å²) in [5.41, 5.74) is -0.402. The number of halogens is 3. The number of benzene rings is 1. The van der Waals surface area contributed by atoms with Crippen molar-refractivity contribution < 1.29 is 17.9 Å². The lowest BCUT2D eigenvalue weighted by molar-refractivity contribution is -0.137. The average molecular weight is 310 g/mol. The zero-order valence-electron chi connectivity index (χ0n) is 10.8. The first kappa shape index (κ1) is 15.2. The number of nitrogens with zero attached hydrogens (tertiary/aromatic N) is 2. The smallest absolute Gasteiger partial charge is 0.417 e. The van der Waals surface area contributed by atoms with Crippen LogP contribution >= 0.6 is 11.8 Å². The van der Waals surface area contributed by atoms with Crippen molar-refractivity contribution in [3.63, 3.8) is 0 Å². The number of pyridine rings is 1. The molecule has 0 unspecified atom stereocenters. The molecule has 0 amide bonds. The molecule has 0 saturated heterocycles. The summed E-state index contributed by atoms with van der Waals surface area (Å²) in [7, 11) is 1.49. The van der Waals surface area contributed by atoms with Crippen LogP contribution in [0.2, 0.25) is 0 Å². The van der Waals surface area contributed by atoms with E-state index < -0.39 is 11.7 Å². The number of hydrogen-bond donors (Lipinski definition) is 0. The predicted octanol–water partition coefficient (Wildman–Crippen LogP) is 4.13. The van der Waals surface area contributed by atoms with Crippen molar-refractivity contribution in [3.8, 4) is 11.8 Å². The van der Waals surface area contributed by atoms with Gasteiger partial charge < -0.3 is 4.74 Å². The van der Waals surface area contributed by atoms with Crippen LogP contribution in [-0.2, 0) is 6.18 Å². The van der Waals surface area contributed by atoms with Crippen LogP contribution in [0.3, 0.4) is 0 Å². The van der Waals surface area contributed by atoms with Gasteiger partial charge in [-0.25, -0.2) is 4.98 Å². The Kier molecular flexibility index (Phi) is 4.38. The highest BCUT2D eigenvalue weighted by Gasteiger charge is 2.30. The minimum absolute atomic E-state index is 0.368. The van der Waals surface area contributed by atoms with Crippen LogP contribution < -0.4 is 4.74 Å². The zero-order valence-corrected chi connectivity index (χ0v) is 11.6. The number of aromatic nitrogens is 1. The maximum Gasteiger partial charge on any atom is 0.417 e. The molecule has 1 heterocycles. The molecule has 21 heavy (non-hydrogen) atoms. The van der Waals surface area contributed by atoms with E-state index >= 15 is 0 Å². The fourth-order valence-corrected chi connectivity index (χ4v) is 2.39. The quantitative estimate of drug-likeness (QED) is 0.855. The van der Waals surface area contributed by atoms with Gasteiger partial charge in [0.15, 0.2) is 0 Å². The van der Waals surface area contributed by atoms with E-state index in [4.69, 9.17) is 10.00 Å². The molecule has 0 saturated carbocycles. The van der Waals surface area contributed by atoms with Gasteiger partial charge in [-0.1, -0.05) is 11.8 Å². The van der Waals surface area contributed by atoms with E-state index in [9.17, 15) is 13.2 Å². The highest BCUT2D eigenvalue weighted by atomic mass is 32.2. The molecule has 108 valence electrons. The topological polar surface area (TPSA) is 45.9 Å². The van der Waals surface area contributed by atoms with E-state index in [1.54, 1.807) is 18.2 Å². The first-order valence-corrected chi connectivity index (χ1v) is 6.55. The molecule has 0 aliphatic heterocycles. The summed E-state index contributed by atoms with van der Waals surface area (Å²) in [6, 6.07) is 9.12. The first-order valence-electron chi connectivity index (χ1n) is 5.73. The van der Waals surface area contributed by atoms with Gasteiger partial charge in [-0.05, 0) is 30.3 Å². The molecule has 1 aromatic carbocycles. The summed E-state index contributed by atoms with van der Waals surface area (Å²) in [5.74, 6) is 0.559. The number of alkyl halides is 3. The Morgan fingerprint density at radius 2 is 2.00 bits per heavy atom. The lowest BCUT2D eigenvalue weighted by Crippen LogP contribution is -2.05. The van der Waals surface area contributed by atoms with E-state index in [2.05, 4.69) is 4.98 Å². The van der Waals surface area contributed by atoms with Crippen molar-refractivity contribution >= 4 is 11.8 Å². The maximum atomic E-state index is 12.5. The van der Waals surface area contributed by atoms with E-state index in [0.717, 1.165) is 24.0 Å². The van der Waals surface area contributed by atoms with Gasteiger partial charge in [-0.3, -0.25) is 0 Å². The van der Waals surface area contributed by atoms with Gasteiger partial charge in [-0.2, -0.15) is 18.4 Å². The largest absolute Gasteiger partial charge is 0.497 e. The normalized spacial score (nSPS) is 11.0.